The van der Waals surface area contributed by atoms with E-state index in [1.165, 1.54) is 19.4 Å². The second kappa shape index (κ2) is 7.52. The van der Waals surface area contributed by atoms with E-state index in [2.05, 4.69) is 9.72 Å². The maximum absolute atomic E-state index is 11.9. The molecule has 6 nitrogen and oxygen atoms in total. The van der Waals surface area contributed by atoms with Crippen LogP contribution >= 0.6 is 0 Å². The zero-order chi connectivity index (χ0) is 16.7. The topological polar surface area (TPSA) is 89.3 Å². The summed E-state index contributed by atoms with van der Waals surface area (Å²) in [6, 6.07) is 13.0. The number of pyridine rings is 1. The van der Waals surface area contributed by atoms with Crippen molar-refractivity contribution in [2.75, 3.05) is 7.11 Å². The summed E-state index contributed by atoms with van der Waals surface area (Å²) in [5.74, 6) is -0.950. The first-order valence-electron chi connectivity index (χ1n) is 6.57. The fraction of sp³-hybridized carbons (Fsp3) is 0.0588. The Labute approximate surface area is 132 Å². The Morgan fingerprint density at radius 2 is 1.91 bits per heavy atom. The van der Waals surface area contributed by atoms with E-state index in [4.69, 9.17) is 10.00 Å². The molecule has 0 fully saturated rings. The van der Waals surface area contributed by atoms with Gasteiger partial charge in [-0.25, -0.2) is 14.6 Å². The van der Waals surface area contributed by atoms with Crippen molar-refractivity contribution in [1.82, 2.24) is 4.98 Å². The van der Waals surface area contributed by atoms with Crippen molar-refractivity contribution in [3.63, 3.8) is 0 Å². The van der Waals surface area contributed by atoms with Gasteiger partial charge in [-0.05, 0) is 35.9 Å². The maximum Gasteiger partial charge on any atom is 0.362 e. The van der Waals surface area contributed by atoms with Gasteiger partial charge in [0.1, 0.15) is 23.1 Å². The van der Waals surface area contributed by atoms with Gasteiger partial charge in [-0.2, -0.15) is 5.26 Å². The number of rotatable bonds is 4. The molecular formula is C17H12N2O4. The Morgan fingerprint density at radius 1 is 1.17 bits per heavy atom. The van der Waals surface area contributed by atoms with Crippen molar-refractivity contribution in [2.45, 2.75) is 0 Å². The molecule has 0 unspecified atom stereocenters. The van der Waals surface area contributed by atoms with Crippen molar-refractivity contribution in [2.24, 2.45) is 0 Å². The third-order valence-electron chi connectivity index (χ3n) is 2.80. The van der Waals surface area contributed by atoms with Gasteiger partial charge in [-0.15, -0.1) is 0 Å². The van der Waals surface area contributed by atoms with Gasteiger partial charge in [0, 0.05) is 6.20 Å². The maximum atomic E-state index is 11.9. The first-order chi connectivity index (χ1) is 11.1. The summed E-state index contributed by atoms with van der Waals surface area (Å²) in [5, 5.41) is 8.89. The number of benzene rings is 1. The summed E-state index contributed by atoms with van der Waals surface area (Å²) in [6.07, 6.45) is 2.89. The number of hydrogen-bond acceptors (Lipinski definition) is 6. The second-order valence-corrected chi connectivity index (χ2v) is 4.33. The molecule has 1 aromatic heterocycles. The van der Waals surface area contributed by atoms with Crippen molar-refractivity contribution in [3.05, 3.63) is 65.5 Å². The number of methoxy groups -OCH3 is 1. The summed E-state index contributed by atoms with van der Waals surface area (Å²) in [6.45, 7) is 0. The van der Waals surface area contributed by atoms with Gasteiger partial charge in [-0.3, -0.25) is 0 Å². The number of ether oxygens (including phenoxy) is 2. The SMILES string of the molecule is COC(=O)C(C#N)=Cc1ccc(OC(=O)c2ccccn2)cc1. The van der Waals surface area contributed by atoms with Gasteiger partial charge < -0.3 is 9.47 Å². The minimum absolute atomic E-state index is 0.120. The molecule has 0 amide bonds. The van der Waals surface area contributed by atoms with Gasteiger partial charge in [-0.1, -0.05) is 18.2 Å². The van der Waals surface area contributed by atoms with Crippen molar-refractivity contribution >= 4 is 18.0 Å². The molecule has 6 heteroatoms. The molecule has 0 aliphatic heterocycles. The monoisotopic (exact) mass is 308 g/mol. The Bertz CT molecular complexity index is 774. The van der Waals surface area contributed by atoms with E-state index in [-0.39, 0.29) is 11.3 Å². The van der Waals surface area contributed by atoms with E-state index in [1.54, 1.807) is 48.5 Å². The summed E-state index contributed by atoms with van der Waals surface area (Å²) < 4.78 is 9.67. The number of hydrogen-bond donors (Lipinski definition) is 0. The zero-order valence-corrected chi connectivity index (χ0v) is 12.2. The van der Waals surface area contributed by atoms with E-state index in [1.807, 2.05) is 0 Å². The Hall–Kier alpha value is -3.46. The normalized spacial score (nSPS) is 10.5. The molecule has 0 spiro atoms. The lowest BCUT2D eigenvalue weighted by molar-refractivity contribution is -0.135. The number of aromatic nitrogens is 1. The van der Waals surface area contributed by atoms with Gasteiger partial charge in [0.25, 0.3) is 0 Å². The first kappa shape index (κ1) is 15.9. The van der Waals surface area contributed by atoms with E-state index < -0.39 is 11.9 Å². The lowest BCUT2D eigenvalue weighted by Crippen LogP contribution is -2.10. The van der Waals surface area contributed by atoms with Crippen molar-refractivity contribution in [1.29, 1.82) is 5.26 Å². The Kier molecular flexibility index (Phi) is 5.21. The lowest BCUT2D eigenvalue weighted by Gasteiger charge is -2.04. The van der Waals surface area contributed by atoms with Crippen LogP contribution in [0.4, 0.5) is 0 Å². The summed E-state index contributed by atoms with van der Waals surface area (Å²) in [5.41, 5.74) is 0.684. The summed E-state index contributed by atoms with van der Waals surface area (Å²) >= 11 is 0. The molecule has 0 saturated carbocycles. The van der Waals surface area contributed by atoms with Gasteiger partial charge in [0.2, 0.25) is 0 Å². The molecule has 0 radical (unpaired) electrons. The Morgan fingerprint density at radius 3 is 2.48 bits per heavy atom. The van der Waals surface area contributed by atoms with E-state index in [0.717, 1.165) is 0 Å². The van der Waals surface area contributed by atoms with E-state index in [0.29, 0.717) is 11.3 Å². The predicted molar refractivity (Wildman–Crippen MR) is 81.2 cm³/mol. The Balaban J connectivity index is 2.11. The van der Waals surface area contributed by atoms with Gasteiger partial charge >= 0.3 is 11.9 Å². The first-order valence-corrected chi connectivity index (χ1v) is 6.57. The van der Waals surface area contributed by atoms with Crippen LogP contribution < -0.4 is 4.74 Å². The number of carbonyl (C=O) groups excluding carboxylic acids is 2. The number of carbonyl (C=O) groups is 2. The minimum Gasteiger partial charge on any atom is -0.465 e. The van der Waals surface area contributed by atoms with Crippen molar-refractivity contribution < 1.29 is 19.1 Å². The molecule has 0 aliphatic carbocycles. The molecule has 23 heavy (non-hydrogen) atoms. The van der Waals surface area contributed by atoms with Crippen LogP contribution in [0, 0.1) is 11.3 Å². The van der Waals surface area contributed by atoms with E-state index in [9.17, 15) is 9.59 Å². The minimum atomic E-state index is -0.710. The van der Waals surface area contributed by atoms with Gasteiger partial charge in [0.05, 0.1) is 7.11 Å². The molecule has 1 heterocycles. The molecule has 2 rings (SSSR count). The van der Waals surface area contributed by atoms with Crippen LogP contribution in [0.15, 0.2) is 54.2 Å². The van der Waals surface area contributed by atoms with Crippen LogP contribution in [-0.2, 0) is 9.53 Å². The molecule has 1 aromatic carbocycles. The standard InChI is InChI=1S/C17H12N2O4/c1-22-16(20)13(11-18)10-12-5-7-14(8-6-12)23-17(21)15-4-2-3-9-19-15/h2-10H,1H3. The van der Waals surface area contributed by atoms with Crippen LogP contribution in [-0.4, -0.2) is 24.0 Å². The largest absolute Gasteiger partial charge is 0.465 e. The third kappa shape index (κ3) is 4.25. The smallest absolute Gasteiger partial charge is 0.362 e. The molecule has 2 aromatic rings. The van der Waals surface area contributed by atoms with Crippen LogP contribution in [0.5, 0.6) is 5.75 Å². The second-order valence-electron chi connectivity index (χ2n) is 4.33. The molecule has 0 N–H and O–H groups in total. The highest BCUT2D eigenvalue weighted by Gasteiger charge is 2.10. The molecule has 0 aliphatic rings. The average molecular weight is 308 g/mol. The van der Waals surface area contributed by atoms with E-state index >= 15 is 0 Å². The fourth-order valence-corrected chi connectivity index (χ4v) is 1.69. The highest BCUT2D eigenvalue weighted by Crippen LogP contribution is 2.16. The van der Waals surface area contributed by atoms with Crippen LogP contribution in [0.25, 0.3) is 6.08 Å². The molecule has 0 saturated heterocycles. The lowest BCUT2D eigenvalue weighted by atomic mass is 10.1. The third-order valence-corrected chi connectivity index (χ3v) is 2.80. The summed E-state index contributed by atoms with van der Waals surface area (Å²) in [4.78, 5) is 27.1. The quantitative estimate of drug-likeness (QED) is 0.373. The number of nitriles is 1. The fourth-order valence-electron chi connectivity index (χ4n) is 1.69. The van der Waals surface area contributed by atoms with Crippen LogP contribution in [0.1, 0.15) is 16.1 Å². The highest BCUT2D eigenvalue weighted by molar-refractivity contribution is 5.97. The predicted octanol–water partition coefficient (Wildman–Crippen LogP) is 2.38. The molecule has 114 valence electrons. The summed E-state index contributed by atoms with van der Waals surface area (Å²) in [7, 11) is 1.20. The molecule has 0 bridgehead atoms. The highest BCUT2D eigenvalue weighted by atomic mass is 16.5. The number of nitrogens with zero attached hydrogens (tertiary/aromatic N) is 2. The van der Waals surface area contributed by atoms with Crippen molar-refractivity contribution in [3.8, 4) is 11.8 Å². The molecule has 0 atom stereocenters. The van der Waals surface area contributed by atoms with Crippen LogP contribution in [0.2, 0.25) is 0 Å². The molecular weight excluding hydrogens is 296 g/mol. The zero-order valence-electron chi connectivity index (χ0n) is 12.2. The number of esters is 2. The van der Waals surface area contributed by atoms with Gasteiger partial charge in [0.15, 0.2) is 0 Å². The van der Waals surface area contributed by atoms with Crippen LogP contribution in [0.3, 0.4) is 0 Å². The average Bonchev–Trinajstić information content (AvgIpc) is 2.61.